The van der Waals surface area contributed by atoms with Gasteiger partial charge in [0.05, 0.1) is 26.6 Å². The van der Waals surface area contributed by atoms with Crippen LogP contribution in [0.3, 0.4) is 0 Å². The van der Waals surface area contributed by atoms with E-state index in [0.29, 0.717) is 24.5 Å². The van der Waals surface area contributed by atoms with Crippen LogP contribution in [-0.2, 0) is 16.0 Å². The Morgan fingerprint density at radius 1 is 0.923 bits per heavy atom. The van der Waals surface area contributed by atoms with E-state index in [4.69, 9.17) is 9.47 Å². The Bertz CT molecular complexity index is 717. The van der Waals surface area contributed by atoms with Crippen molar-refractivity contribution in [2.45, 2.75) is 6.42 Å². The molecular formula is C19H21FN2O4. The summed E-state index contributed by atoms with van der Waals surface area (Å²) in [4.78, 5) is 23.4. The zero-order chi connectivity index (χ0) is 18.8. The predicted octanol–water partition coefficient (Wildman–Crippen LogP) is 1.69. The van der Waals surface area contributed by atoms with E-state index in [2.05, 4.69) is 10.6 Å². The van der Waals surface area contributed by atoms with E-state index in [9.17, 15) is 14.0 Å². The summed E-state index contributed by atoms with van der Waals surface area (Å²) in [6, 6.07) is 12.8. The third-order valence-corrected chi connectivity index (χ3v) is 3.48. The van der Waals surface area contributed by atoms with Crippen molar-refractivity contribution in [1.82, 2.24) is 10.6 Å². The van der Waals surface area contributed by atoms with Crippen molar-refractivity contribution >= 4 is 11.8 Å². The first-order valence-electron chi connectivity index (χ1n) is 8.11. The number of amides is 2. The Kier molecular flexibility index (Phi) is 7.42. The fraction of sp³-hybridized carbons (Fsp3) is 0.263. The Balaban J connectivity index is 1.59. The second-order valence-corrected chi connectivity index (χ2v) is 5.45. The van der Waals surface area contributed by atoms with Crippen LogP contribution in [-0.4, -0.2) is 38.6 Å². The van der Waals surface area contributed by atoms with Crippen LogP contribution < -0.4 is 20.1 Å². The van der Waals surface area contributed by atoms with Crippen molar-refractivity contribution in [3.05, 3.63) is 59.9 Å². The molecule has 7 heteroatoms. The largest absolute Gasteiger partial charge is 0.497 e. The molecule has 2 N–H and O–H groups in total. The first-order chi connectivity index (χ1) is 12.6. The Labute approximate surface area is 151 Å². The van der Waals surface area contributed by atoms with Crippen LogP contribution in [0.5, 0.6) is 11.5 Å². The third kappa shape index (κ3) is 6.80. The highest BCUT2D eigenvalue weighted by Gasteiger charge is 2.06. The maximum absolute atomic E-state index is 12.8. The van der Waals surface area contributed by atoms with E-state index in [1.54, 1.807) is 31.4 Å². The smallest absolute Gasteiger partial charge is 0.239 e. The molecular weight excluding hydrogens is 339 g/mol. The number of hydrogen-bond acceptors (Lipinski definition) is 4. The minimum atomic E-state index is -0.356. The van der Waals surface area contributed by atoms with Gasteiger partial charge in [0.15, 0.2) is 0 Å². The molecule has 0 spiro atoms. The molecule has 2 rings (SSSR count). The van der Waals surface area contributed by atoms with Crippen LogP contribution in [0.15, 0.2) is 48.5 Å². The van der Waals surface area contributed by atoms with Crippen molar-refractivity contribution in [3.63, 3.8) is 0 Å². The van der Waals surface area contributed by atoms with Crippen LogP contribution in [0, 0.1) is 5.82 Å². The fourth-order valence-corrected chi connectivity index (χ4v) is 2.12. The highest BCUT2D eigenvalue weighted by atomic mass is 19.1. The van der Waals surface area contributed by atoms with Gasteiger partial charge in [0.25, 0.3) is 0 Å². The Morgan fingerprint density at radius 3 is 2.23 bits per heavy atom. The molecule has 0 aromatic heterocycles. The summed E-state index contributed by atoms with van der Waals surface area (Å²) < 4.78 is 23.3. The summed E-state index contributed by atoms with van der Waals surface area (Å²) in [5.74, 6) is 0.442. The molecule has 2 amide bonds. The zero-order valence-electron chi connectivity index (χ0n) is 14.5. The van der Waals surface area contributed by atoms with Gasteiger partial charge in [-0.1, -0.05) is 12.1 Å². The molecule has 2 aromatic carbocycles. The molecule has 0 unspecified atom stereocenters. The molecule has 0 radical (unpaired) electrons. The second kappa shape index (κ2) is 10.0. The summed E-state index contributed by atoms with van der Waals surface area (Å²) in [6.07, 6.45) is 0.0914. The summed E-state index contributed by atoms with van der Waals surface area (Å²) in [7, 11) is 1.59. The molecule has 2 aromatic rings. The monoisotopic (exact) mass is 360 g/mol. The number of benzene rings is 2. The van der Waals surface area contributed by atoms with Crippen LogP contribution in [0.2, 0.25) is 0 Å². The number of carbonyl (C=O) groups excluding carboxylic acids is 2. The van der Waals surface area contributed by atoms with Crippen molar-refractivity contribution in [1.29, 1.82) is 0 Å². The maximum Gasteiger partial charge on any atom is 0.239 e. The number of halogens is 1. The number of rotatable bonds is 9. The average molecular weight is 360 g/mol. The van der Waals surface area contributed by atoms with Crippen LogP contribution in [0.4, 0.5) is 4.39 Å². The highest BCUT2D eigenvalue weighted by molar-refractivity contribution is 5.85. The minimum absolute atomic E-state index is 0.0914. The summed E-state index contributed by atoms with van der Waals surface area (Å²) in [6.45, 7) is 0.503. The molecule has 138 valence electrons. The minimum Gasteiger partial charge on any atom is -0.497 e. The van der Waals surface area contributed by atoms with Gasteiger partial charge in [-0.3, -0.25) is 9.59 Å². The predicted molar refractivity (Wildman–Crippen MR) is 94.6 cm³/mol. The van der Waals surface area contributed by atoms with Gasteiger partial charge in [0.2, 0.25) is 11.8 Å². The van der Waals surface area contributed by atoms with Gasteiger partial charge in [-0.25, -0.2) is 4.39 Å². The fourth-order valence-electron chi connectivity index (χ4n) is 2.12. The van der Waals surface area contributed by atoms with E-state index in [-0.39, 0.29) is 30.6 Å². The Hall–Kier alpha value is -3.09. The van der Waals surface area contributed by atoms with Crippen LogP contribution >= 0.6 is 0 Å². The maximum atomic E-state index is 12.8. The lowest BCUT2D eigenvalue weighted by Crippen LogP contribution is -2.39. The number of nitrogens with one attached hydrogen (secondary N) is 2. The molecule has 0 aliphatic heterocycles. The molecule has 6 nitrogen and oxygen atoms in total. The van der Waals surface area contributed by atoms with Crippen molar-refractivity contribution < 1.29 is 23.5 Å². The van der Waals surface area contributed by atoms with Gasteiger partial charge < -0.3 is 20.1 Å². The lowest BCUT2D eigenvalue weighted by Gasteiger charge is -2.09. The molecule has 0 aliphatic rings. The van der Waals surface area contributed by atoms with E-state index < -0.39 is 0 Å². The topological polar surface area (TPSA) is 76.7 Å². The molecule has 0 fully saturated rings. The van der Waals surface area contributed by atoms with E-state index in [1.165, 1.54) is 24.3 Å². The second-order valence-electron chi connectivity index (χ2n) is 5.45. The molecule has 0 atom stereocenters. The summed E-state index contributed by atoms with van der Waals surface area (Å²) in [5, 5.41) is 5.17. The number of methoxy groups -OCH3 is 1. The Morgan fingerprint density at radius 2 is 1.58 bits per heavy atom. The lowest BCUT2D eigenvalue weighted by atomic mass is 10.1. The van der Waals surface area contributed by atoms with Crippen molar-refractivity contribution in [2.75, 3.05) is 26.8 Å². The number of hydrogen-bond donors (Lipinski definition) is 2. The molecule has 0 heterocycles. The molecule has 0 saturated heterocycles. The summed E-state index contributed by atoms with van der Waals surface area (Å²) >= 11 is 0. The van der Waals surface area contributed by atoms with Gasteiger partial charge in [0, 0.05) is 0 Å². The van der Waals surface area contributed by atoms with E-state index >= 15 is 0 Å². The quantitative estimate of drug-likeness (QED) is 0.667. The molecule has 26 heavy (non-hydrogen) atoms. The van der Waals surface area contributed by atoms with Gasteiger partial charge in [-0.15, -0.1) is 0 Å². The third-order valence-electron chi connectivity index (χ3n) is 3.48. The van der Waals surface area contributed by atoms with Gasteiger partial charge in [0.1, 0.15) is 23.9 Å². The van der Waals surface area contributed by atoms with Crippen LogP contribution in [0.1, 0.15) is 5.56 Å². The summed E-state index contributed by atoms with van der Waals surface area (Å²) in [5.41, 5.74) is 0.678. The van der Waals surface area contributed by atoms with E-state index in [1.807, 2.05) is 0 Å². The number of ether oxygens (including phenoxy) is 2. The molecule has 0 aliphatic carbocycles. The lowest BCUT2D eigenvalue weighted by molar-refractivity contribution is -0.125. The number of carbonyl (C=O) groups is 2. The normalized spacial score (nSPS) is 10.1. The zero-order valence-corrected chi connectivity index (χ0v) is 14.5. The van der Waals surface area contributed by atoms with Crippen molar-refractivity contribution in [2.24, 2.45) is 0 Å². The first kappa shape index (κ1) is 19.2. The van der Waals surface area contributed by atoms with Crippen molar-refractivity contribution in [3.8, 4) is 11.5 Å². The molecule has 0 saturated carbocycles. The van der Waals surface area contributed by atoms with E-state index in [0.717, 1.165) is 5.75 Å². The van der Waals surface area contributed by atoms with Gasteiger partial charge in [-0.05, 0) is 42.0 Å². The van der Waals surface area contributed by atoms with Gasteiger partial charge >= 0.3 is 0 Å². The standard InChI is InChI=1S/C19H21FN2O4/c1-25-16-6-8-17(9-7-16)26-11-10-21-19(24)13-22-18(23)12-14-2-4-15(20)5-3-14/h2-9H,10-13H2,1H3,(H,21,24)(H,22,23). The highest BCUT2D eigenvalue weighted by Crippen LogP contribution is 2.16. The van der Waals surface area contributed by atoms with Gasteiger partial charge in [-0.2, -0.15) is 0 Å². The van der Waals surface area contributed by atoms with Crippen LogP contribution in [0.25, 0.3) is 0 Å². The SMILES string of the molecule is COc1ccc(OCCNC(=O)CNC(=O)Cc2ccc(F)cc2)cc1. The molecule has 0 bridgehead atoms. The first-order valence-corrected chi connectivity index (χ1v) is 8.11. The average Bonchev–Trinajstić information content (AvgIpc) is 2.66.